The van der Waals surface area contributed by atoms with Crippen molar-refractivity contribution < 1.29 is 4.79 Å². The van der Waals surface area contributed by atoms with Gasteiger partial charge in [-0.3, -0.25) is 9.36 Å². The third kappa shape index (κ3) is 3.68. The Hall–Kier alpha value is -3.16. The largest absolute Gasteiger partial charge is 0.346 e. The van der Waals surface area contributed by atoms with Gasteiger partial charge in [0.25, 0.3) is 0 Å². The molecule has 0 aliphatic heterocycles. The predicted molar refractivity (Wildman–Crippen MR) is 93.3 cm³/mol. The van der Waals surface area contributed by atoms with E-state index in [4.69, 9.17) is 0 Å². The smallest absolute Gasteiger partial charge is 0.331 e. The number of nitrogens with zero attached hydrogens (tertiary/aromatic N) is 5. The van der Waals surface area contributed by atoms with E-state index in [1.807, 2.05) is 42.0 Å². The van der Waals surface area contributed by atoms with Crippen molar-refractivity contribution in [1.82, 2.24) is 23.9 Å². The topological polar surface area (TPSA) is 86.7 Å². The third-order valence-corrected chi connectivity index (χ3v) is 4.04. The van der Waals surface area contributed by atoms with Crippen molar-refractivity contribution in [3.05, 3.63) is 64.4 Å². The normalized spacial score (nSPS) is 10.8. The first-order valence-electron chi connectivity index (χ1n) is 7.91. The van der Waals surface area contributed by atoms with Gasteiger partial charge in [-0.25, -0.2) is 14.5 Å². The lowest BCUT2D eigenvalue weighted by atomic mass is 10.2. The monoisotopic (exact) mass is 340 g/mol. The molecule has 1 aromatic carbocycles. The summed E-state index contributed by atoms with van der Waals surface area (Å²) in [5.41, 5.74) is 1.42. The summed E-state index contributed by atoms with van der Waals surface area (Å²) in [7, 11) is 1.63. The molecule has 8 heteroatoms. The number of aryl methyl sites for hydroxylation is 2. The maximum atomic E-state index is 12.2. The van der Waals surface area contributed by atoms with Crippen LogP contribution in [0, 0.1) is 13.8 Å². The highest BCUT2D eigenvalue weighted by Crippen LogP contribution is 2.13. The summed E-state index contributed by atoms with van der Waals surface area (Å²) in [6.45, 7) is 4.22. The van der Waals surface area contributed by atoms with Crippen LogP contribution in [0.5, 0.6) is 0 Å². The van der Waals surface area contributed by atoms with Crippen LogP contribution in [0.2, 0.25) is 0 Å². The van der Waals surface area contributed by atoms with E-state index in [1.54, 1.807) is 20.2 Å². The average Bonchev–Trinajstić information content (AvgIpc) is 3.07. The fourth-order valence-corrected chi connectivity index (χ4v) is 2.55. The fraction of sp³-hybridized carbons (Fsp3) is 0.294. The van der Waals surface area contributed by atoms with Crippen LogP contribution in [0.15, 0.2) is 41.5 Å². The Bertz CT molecular complexity index is 966. The summed E-state index contributed by atoms with van der Waals surface area (Å²) >= 11 is 0. The quantitative estimate of drug-likeness (QED) is 0.753. The number of carbonyl (C=O) groups excluding carboxylic acids is 1. The maximum Gasteiger partial charge on any atom is 0.346 e. The summed E-state index contributed by atoms with van der Waals surface area (Å²) in [6.07, 6.45) is 3.67. The lowest BCUT2D eigenvalue weighted by Gasteiger charge is -2.09. The van der Waals surface area contributed by atoms with Gasteiger partial charge in [-0.1, -0.05) is 12.1 Å². The molecule has 2 heterocycles. The molecule has 0 aliphatic carbocycles. The molecular weight excluding hydrogens is 320 g/mol. The zero-order valence-corrected chi connectivity index (χ0v) is 14.4. The van der Waals surface area contributed by atoms with Crippen LogP contribution in [-0.2, 0) is 24.9 Å². The Morgan fingerprint density at radius 1 is 1.24 bits per heavy atom. The minimum atomic E-state index is -0.308. The Balaban J connectivity index is 1.69. The number of imidazole rings is 1. The average molecular weight is 340 g/mol. The van der Waals surface area contributed by atoms with E-state index in [0.29, 0.717) is 18.1 Å². The molecule has 0 atom stereocenters. The van der Waals surface area contributed by atoms with Crippen molar-refractivity contribution in [1.29, 1.82) is 0 Å². The maximum absolute atomic E-state index is 12.2. The van der Waals surface area contributed by atoms with Crippen molar-refractivity contribution in [3.63, 3.8) is 0 Å². The molecule has 130 valence electrons. The summed E-state index contributed by atoms with van der Waals surface area (Å²) in [5.74, 6) is 1.20. The Kier molecular flexibility index (Phi) is 4.51. The molecule has 0 bridgehead atoms. The SMILES string of the molecule is Cc1nccn1Cc1cccc(NC(=O)Cn2nc(C)n(C)c2=O)c1. The molecule has 8 nitrogen and oxygen atoms in total. The van der Waals surface area contributed by atoms with Crippen LogP contribution in [0.3, 0.4) is 0 Å². The highest BCUT2D eigenvalue weighted by atomic mass is 16.2. The molecule has 1 N–H and O–H groups in total. The van der Waals surface area contributed by atoms with Crippen molar-refractivity contribution in [2.45, 2.75) is 26.9 Å². The van der Waals surface area contributed by atoms with E-state index in [9.17, 15) is 9.59 Å². The number of amides is 1. The second kappa shape index (κ2) is 6.76. The molecule has 25 heavy (non-hydrogen) atoms. The van der Waals surface area contributed by atoms with Gasteiger partial charge in [-0.05, 0) is 31.5 Å². The molecule has 3 rings (SSSR count). The van der Waals surface area contributed by atoms with Gasteiger partial charge < -0.3 is 9.88 Å². The first kappa shape index (κ1) is 16.7. The standard InChI is InChI=1S/C17H20N6O2/c1-12-18-7-8-22(12)10-14-5-4-6-15(9-14)19-16(24)11-23-17(25)21(3)13(2)20-23/h4-9H,10-11H2,1-3H3,(H,19,24). The first-order chi connectivity index (χ1) is 11.9. The first-order valence-corrected chi connectivity index (χ1v) is 7.91. The van der Waals surface area contributed by atoms with Crippen molar-refractivity contribution in [2.75, 3.05) is 5.32 Å². The minimum Gasteiger partial charge on any atom is -0.331 e. The molecule has 1 amide bonds. The zero-order valence-electron chi connectivity index (χ0n) is 14.4. The fourth-order valence-electron chi connectivity index (χ4n) is 2.55. The summed E-state index contributed by atoms with van der Waals surface area (Å²) < 4.78 is 4.59. The Morgan fingerprint density at radius 3 is 2.68 bits per heavy atom. The van der Waals surface area contributed by atoms with E-state index >= 15 is 0 Å². The number of carbonyl (C=O) groups is 1. The second-order valence-electron chi connectivity index (χ2n) is 5.90. The number of anilines is 1. The summed E-state index contributed by atoms with van der Waals surface area (Å²) in [6, 6.07) is 7.59. The van der Waals surface area contributed by atoms with Crippen LogP contribution in [-0.4, -0.2) is 29.8 Å². The lowest BCUT2D eigenvalue weighted by Crippen LogP contribution is -2.29. The van der Waals surface area contributed by atoms with Gasteiger partial charge >= 0.3 is 5.69 Å². The minimum absolute atomic E-state index is 0.120. The Morgan fingerprint density at radius 2 is 2.04 bits per heavy atom. The number of hydrogen-bond donors (Lipinski definition) is 1. The number of nitrogens with one attached hydrogen (secondary N) is 1. The lowest BCUT2D eigenvalue weighted by molar-refractivity contribution is -0.117. The molecule has 0 spiro atoms. The molecule has 0 radical (unpaired) electrons. The van der Waals surface area contributed by atoms with Crippen LogP contribution in [0.4, 0.5) is 5.69 Å². The third-order valence-electron chi connectivity index (χ3n) is 4.04. The molecule has 0 saturated heterocycles. The molecular formula is C17H20N6O2. The van der Waals surface area contributed by atoms with Crippen LogP contribution in [0.1, 0.15) is 17.2 Å². The Labute approximate surface area is 144 Å². The van der Waals surface area contributed by atoms with E-state index in [1.165, 1.54) is 4.57 Å². The van der Waals surface area contributed by atoms with Gasteiger partial charge in [0, 0.05) is 31.7 Å². The second-order valence-corrected chi connectivity index (χ2v) is 5.90. The molecule has 0 saturated carbocycles. The van der Waals surface area contributed by atoms with Gasteiger partial charge in [0.15, 0.2) is 0 Å². The van der Waals surface area contributed by atoms with Gasteiger partial charge in [-0.2, -0.15) is 5.10 Å². The van der Waals surface area contributed by atoms with Crippen LogP contribution >= 0.6 is 0 Å². The zero-order chi connectivity index (χ0) is 18.0. The van der Waals surface area contributed by atoms with Gasteiger partial charge in [-0.15, -0.1) is 0 Å². The van der Waals surface area contributed by atoms with Gasteiger partial charge in [0.1, 0.15) is 18.2 Å². The molecule has 2 aromatic heterocycles. The van der Waals surface area contributed by atoms with E-state index in [0.717, 1.165) is 16.1 Å². The molecule has 3 aromatic rings. The van der Waals surface area contributed by atoms with E-state index < -0.39 is 0 Å². The molecule has 0 unspecified atom stereocenters. The van der Waals surface area contributed by atoms with Crippen molar-refractivity contribution in [3.8, 4) is 0 Å². The number of rotatable bonds is 5. The van der Waals surface area contributed by atoms with Crippen LogP contribution in [0.25, 0.3) is 0 Å². The van der Waals surface area contributed by atoms with Gasteiger partial charge in [0.05, 0.1) is 0 Å². The predicted octanol–water partition coefficient (Wildman–Crippen LogP) is 1.08. The molecule has 0 fully saturated rings. The van der Waals surface area contributed by atoms with Crippen molar-refractivity contribution >= 4 is 11.6 Å². The highest BCUT2D eigenvalue weighted by Gasteiger charge is 2.11. The van der Waals surface area contributed by atoms with Crippen LogP contribution < -0.4 is 11.0 Å². The van der Waals surface area contributed by atoms with E-state index in [-0.39, 0.29) is 18.1 Å². The van der Waals surface area contributed by atoms with Gasteiger partial charge in [0.2, 0.25) is 5.91 Å². The summed E-state index contributed by atoms with van der Waals surface area (Å²) in [5, 5.41) is 6.87. The summed E-state index contributed by atoms with van der Waals surface area (Å²) in [4.78, 5) is 28.3. The van der Waals surface area contributed by atoms with E-state index in [2.05, 4.69) is 15.4 Å². The molecule has 0 aliphatic rings. The number of hydrogen-bond acceptors (Lipinski definition) is 4. The highest BCUT2D eigenvalue weighted by molar-refractivity contribution is 5.90. The van der Waals surface area contributed by atoms with Crippen molar-refractivity contribution in [2.24, 2.45) is 7.05 Å². The number of benzene rings is 1. The number of aromatic nitrogens is 5.